The van der Waals surface area contributed by atoms with Crippen molar-refractivity contribution >= 4 is 17.5 Å². The number of amides is 2. The van der Waals surface area contributed by atoms with Gasteiger partial charge in [0.05, 0.1) is 20.3 Å². The standard InChI is InChI=1S/C35H42N6O6/c1-23-11-17-30(47-23)33(35(43)36-21-28-10-7-19-46-28)41(27-15-12-25(13-16-27)24-8-5-4-6-9-24)32(42)22-40-38-34(37-39-40)26-14-18-29(44-2)31(20-26)45-3/h11-18,20,24,28,33H,4-10,19,21-22H2,1-3H3,(H,36,43)/t28-,33-/m1/s1. The van der Waals surface area contributed by atoms with Crippen molar-refractivity contribution < 1.29 is 28.2 Å². The zero-order valence-corrected chi connectivity index (χ0v) is 27.2. The van der Waals surface area contributed by atoms with E-state index in [0.717, 1.165) is 25.7 Å². The molecule has 0 bridgehead atoms. The van der Waals surface area contributed by atoms with E-state index in [4.69, 9.17) is 18.6 Å². The molecule has 3 heterocycles. The SMILES string of the molecule is COc1ccc(-c2nnn(CC(=O)N(c3ccc(C4CCCCC4)cc3)[C@@H](C(=O)NC[C@H]3CCCO3)c3ccc(C)o3)n2)cc1OC. The number of methoxy groups -OCH3 is 2. The first-order valence-electron chi connectivity index (χ1n) is 16.3. The number of aromatic nitrogens is 4. The van der Waals surface area contributed by atoms with Crippen LogP contribution in [0.3, 0.4) is 0 Å². The van der Waals surface area contributed by atoms with Crippen molar-refractivity contribution in [2.75, 3.05) is 32.3 Å². The lowest BCUT2D eigenvalue weighted by Crippen LogP contribution is -2.46. The summed E-state index contributed by atoms with van der Waals surface area (Å²) in [5, 5.41) is 15.9. The van der Waals surface area contributed by atoms with Gasteiger partial charge in [0.25, 0.3) is 11.8 Å². The smallest absolute Gasteiger partial charge is 0.251 e. The number of anilines is 1. The van der Waals surface area contributed by atoms with Gasteiger partial charge in [-0.1, -0.05) is 31.4 Å². The summed E-state index contributed by atoms with van der Waals surface area (Å²) in [7, 11) is 3.11. The Morgan fingerprint density at radius 3 is 2.45 bits per heavy atom. The van der Waals surface area contributed by atoms with E-state index in [1.807, 2.05) is 19.1 Å². The summed E-state index contributed by atoms with van der Waals surface area (Å²) < 4.78 is 22.5. The topological polar surface area (TPSA) is 134 Å². The van der Waals surface area contributed by atoms with Crippen molar-refractivity contribution in [3.63, 3.8) is 0 Å². The van der Waals surface area contributed by atoms with Gasteiger partial charge in [-0.3, -0.25) is 14.5 Å². The number of nitrogens with zero attached hydrogens (tertiary/aromatic N) is 5. The number of carbonyl (C=O) groups is 2. The average Bonchev–Trinajstić information content (AvgIpc) is 3.89. The van der Waals surface area contributed by atoms with Gasteiger partial charge < -0.3 is 23.9 Å². The van der Waals surface area contributed by atoms with Gasteiger partial charge >= 0.3 is 0 Å². The second-order valence-electron chi connectivity index (χ2n) is 12.1. The first-order valence-corrected chi connectivity index (χ1v) is 16.3. The van der Waals surface area contributed by atoms with E-state index in [0.29, 0.717) is 59.2 Å². The summed E-state index contributed by atoms with van der Waals surface area (Å²) in [6.07, 6.45) is 7.78. The van der Waals surface area contributed by atoms with Gasteiger partial charge in [0.15, 0.2) is 17.5 Å². The fraction of sp³-hybridized carbons (Fsp3) is 0.457. The highest BCUT2D eigenvalue weighted by Gasteiger charge is 2.36. The third-order valence-corrected chi connectivity index (χ3v) is 8.95. The molecule has 1 aliphatic heterocycles. The summed E-state index contributed by atoms with van der Waals surface area (Å²) in [4.78, 5) is 31.0. The fourth-order valence-corrected chi connectivity index (χ4v) is 6.47. The molecule has 0 radical (unpaired) electrons. The van der Waals surface area contributed by atoms with Crippen molar-refractivity contribution in [1.82, 2.24) is 25.5 Å². The van der Waals surface area contributed by atoms with Crippen LogP contribution < -0.4 is 19.7 Å². The summed E-state index contributed by atoms with van der Waals surface area (Å²) in [5.74, 6) is 2.12. The Bertz CT molecular complexity index is 1650. The maximum atomic E-state index is 14.3. The normalized spacial score (nSPS) is 17.3. The zero-order chi connectivity index (χ0) is 32.8. The molecule has 1 aliphatic carbocycles. The third-order valence-electron chi connectivity index (χ3n) is 8.95. The van der Waals surface area contributed by atoms with E-state index < -0.39 is 11.9 Å². The predicted molar refractivity (Wildman–Crippen MR) is 174 cm³/mol. The van der Waals surface area contributed by atoms with Crippen molar-refractivity contribution in [3.8, 4) is 22.9 Å². The van der Waals surface area contributed by atoms with Gasteiger partial charge in [0.2, 0.25) is 5.82 Å². The minimum Gasteiger partial charge on any atom is -0.493 e. The number of carbonyl (C=O) groups excluding carboxylic acids is 2. The molecule has 12 heteroatoms. The molecular formula is C35H42N6O6. The maximum Gasteiger partial charge on any atom is 0.251 e. The van der Waals surface area contributed by atoms with Crippen LogP contribution in [0, 0.1) is 6.92 Å². The molecule has 1 saturated heterocycles. The van der Waals surface area contributed by atoms with Gasteiger partial charge in [0.1, 0.15) is 18.1 Å². The Hall–Kier alpha value is -4.71. The molecule has 1 saturated carbocycles. The Morgan fingerprint density at radius 1 is 0.979 bits per heavy atom. The number of benzene rings is 2. The van der Waals surface area contributed by atoms with Crippen LogP contribution in [0.5, 0.6) is 11.5 Å². The fourth-order valence-electron chi connectivity index (χ4n) is 6.47. The second kappa shape index (κ2) is 14.8. The van der Waals surface area contributed by atoms with Crippen LogP contribution in [0.2, 0.25) is 0 Å². The average molecular weight is 643 g/mol. The number of nitrogens with one attached hydrogen (secondary N) is 1. The number of aryl methyl sites for hydroxylation is 1. The molecule has 1 N–H and O–H groups in total. The molecule has 2 fully saturated rings. The molecule has 47 heavy (non-hydrogen) atoms. The van der Waals surface area contributed by atoms with E-state index in [-0.39, 0.29) is 18.6 Å². The van der Waals surface area contributed by atoms with Crippen molar-refractivity contribution in [2.24, 2.45) is 0 Å². The molecule has 6 rings (SSSR count). The number of ether oxygens (including phenoxy) is 3. The molecule has 2 aromatic carbocycles. The van der Waals surface area contributed by atoms with Crippen molar-refractivity contribution in [1.29, 1.82) is 0 Å². The molecular weight excluding hydrogens is 600 g/mol. The van der Waals surface area contributed by atoms with Gasteiger partial charge in [-0.15, -0.1) is 10.2 Å². The number of tetrazole rings is 1. The van der Waals surface area contributed by atoms with E-state index in [1.54, 1.807) is 44.6 Å². The molecule has 2 amide bonds. The number of furan rings is 1. The van der Waals surface area contributed by atoms with Crippen LogP contribution in [-0.2, 0) is 20.9 Å². The van der Waals surface area contributed by atoms with Crippen LogP contribution >= 0.6 is 0 Å². The highest BCUT2D eigenvalue weighted by molar-refractivity contribution is 6.01. The minimum atomic E-state index is -1.08. The quantitative estimate of drug-likeness (QED) is 0.216. The summed E-state index contributed by atoms with van der Waals surface area (Å²) >= 11 is 0. The Morgan fingerprint density at radius 2 is 1.77 bits per heavy atom. The Labute approximate surface area is 274 Å². The van der Waals surface area contributed by atoms with Crippen LogP contribution in [0.15, 0.2) is 59.0 Å². The lowest BCUT2D eigenvalue weighted by atomic mass is 9.84. The predicted octanol–water partition coefficient (Wildman–Crippen LogP) is 5.38. The van der Waals surface area contributed by atoms with Crippen LogP contribution in [0.1, 0.15) is 74.0 Å². The monoisotopic (exact) mass is 642 g/mol. The Kier molecular flexibility index (Phi) is 10.2. The van der Waals surface area contributed by atoms with Crippen LogP contribution in [0.25, 0.3) is 11.4 Å². The van der Waals surface area contributed by atoms with Crippen molar-refractivity contribution in [3.05, 3.63) is 71.7 Å². The molecule has 2 aromatic heterocycles. The highest BCUT2D eigenvalue weighted by atomic mass is 16.5. The molecule has 0 spiro atoms. The van der Waals surface area contributed by atoms with E-state index in [9.17, 15) is 9.59 Å². The van der Waals surface area contributed by atoms with Crippen molar-refractivity contribution in [2.45, 2.75) is 76.5 Å². The van der Waals surface area contributed by atoms with E-state index in [2.05, 4.69) is 32.9 Å². The number of rotatable bonds is 12. The van der Waals surface area contributed by atoms with E-state index in [1.165, 1.54) is 34.5 Å². The van der Waals surface area contributed by atoms with Gasteiger partial charge in [0, 0.05) is 24.4 Å². The zero-order valence-electron chi connectivity index (χ0n) is 27.2. The molecule has 0 unspecified atom stereocenters. The molecule has 2 atom stereocenters. The van der Waals surface area contributed by atoms with Gasteiger partial charge in [-0.2, -0.15) is 4.80 Å². The van der Waals surface area contributed by atoms with Crippen LogP contribution in [0.4, 0.5) is 5.69 Å². The lowest BCUT2D eigenvalue weighted by Gasteiger charge is -2.30. The molecule has 248 valence electrons. The Balaban J connectivity index is 1.31. The van der Waals surface area contributed by atoms with Gasteiger partial charge in [-0.05, 0) is 91.8 Å². The third kappa shape index (κ3) is 7.48. The summed E-state index contributed by atoms with van der Waals surface area (Å²) in [5.41, 5.74) is 2.46. The van der Waals surface area contributed by atoms with Gasteiger partial charge in [-0.25, -0.2) is 0 Å². The molecule has 2 aliphatic rings. The molecule has 4 aromatic rings. The lowest BCUT2D eigenvalue weighted by molar-refractivity contribution is -0.127. The van der Waals surface area contributed by atoms with E-state index >= 15 is 0 Å². The largest absolute Gasteiger partial charge is 0.493 e. The highest BCUT2D eigenvalue weighted by Crippen LogP contribution is 2.36. The first-order chi connectivity index (χ1) is 22.9. The number of hydrogen-bond acceptors (Lipinski definition) is 9. The summed E-state index contributed by atoms with van der Waals surface area (Å²) in [6, 6.07) is 15.7. The minimum absolute atomic E-state index is 0.0637. The number of hydrogen-bond donors (Lipinski definition) is 1. The summed E-state index contributed by atoms with van der Waals surface area (Å²) in [6.45, 7) is 2.57. The maximum absolute atomic E-state index is 14.3. The second-order valence-corrected chi connectivity index (χ2v) is 12.1. The first kappa shape index (κ1) is 32.2. The molecule has 12 nitrogen and oxygen atoms in total. The van der Waals surface area contributed by atoms with Crippen LogP contribution in [-0.4, -0.2) is 65.5 Å².